The molecule has 4 nitrogen and oxygen atoms in total. The fraction of sp³-hybridized carbons (Fsp3) is 0.692. The van der Waals surface area contributed by atoms with E-state index in [0.717, 1.165) is 31.7 Å². The number of piperazine rings is 1. The largest absolute Gasteiger partial charge is 0.349 e. The van der Waals surface area contributed by atoms with E-state index in [1.165, 1.54) is 5.56 Å². The number of hydrogen-bond donors (Lipinski definition) is 1. The average molecular weight is 234 g/mol. The van der Waals surface area contributed by atoms with Gasteiger partial charge in [0, 0.05) is 25.2 Å². The molecule has 1 aromatic rings. The van der Waals surface area contributed by atoms with Crippen molar-refractivity contribution < 1.29 is 0 Å². The molecule has 1 aliphatic heterocycles. The van der Waals surface area contributed by atoms with Gasteiger partial charge in [-0.2, -0.15) is 5.10 Å². The zero-order valence-corrected chi connectivity index (χ0v) is 11.0. The molecule has 0 spiro atoms. The first-order valence-electron chi connectivity index (χ1n) is 6.54. The first kappa shape index (κ1) is 12.3. The van der Waals surface area contributed by atoms with Gasteiger partial charge in [0.25, 0.3) is 0 Å². The Morgan fingerprint density at radius 3 is 2.88 bits per heavy atom. The highest BCUT2D eigenvalue weighted by Crippen LogP contribution is 2.20. The molecule has 0 amide bonds. The van der Waals surface area contributed by atoms with Gasteiger partial charge in [0.15, 0.2) is 5.82 Å². The molecule has 1 fully saturated rings. The summed E-state index contributed by atoms with van der Waals surface area (Å²) in [5.41, 5.74) is 1.18. The maximum Gasteiger partial charge on any atom is 0.151 e. The molecule has 4 heteroatoms. The second kappa shape index (κ2) is 5.45. The highest BCUT2D eigenvalue weighted by atomic mass is 15.3. The minimum atomic E-state index is 0.536. The number of aromatic nitrogens is 2. The molecule has 2 rings (SSSR count). The van der Waals surface area contributed by atoms with Crippen molar-refractivity contribution in [2.75, 3.05) is 18.0 Å². The van der Waals surface area contributed by atoms with Crippen molar-refractivity contribution in [3.05, 3.63) is 17.8 Å². The van der Waals surface area contributed by atoms with Crippen molar-refractivity contribution in [3.63, 3.8) is 0 Å². The molecule has 2 unspecified atom stereocenters. The Morgan fingerprint density at radius 1 is 1.41 bits per heavy atom. The molecule has 0 saturated carbocycles. The van der Waals surface area contributed by atoms with E-state index >= 15 is 0 Å². The van der Waals surface area contributed by atoms with E-state index in [-0.39, 0.29) is 0 Å². The maximum atomic E-state index is 4.28. The van der Waals surface area contributed by atoms with Gasteiger partial charge in [0.2, 0.25) is 0 Å². The van der Waals surface area contributed by atoms with Gasteiger partial charge in [-0.3, -0.25) is 0 Å². The van der Waals surface area contributed by atoms with Crippen LogP contribution < -0.4 is 10.2 Å². The lowest BCUT2D eigenvalue weighted by molar-refractivity contribution is 0.376. The van der Waals surface area contributed by atoms with E-state index in [9.17, 15) is 0 Å². The minimum Gasteiger partial charge on any atom is -0.349 e. The number of aryl methyl sites for hydroxylation is 1. The van der Waals surface area contributed by atoms with Crippen LogP contribution in [0.4, 0.5) is 5.82 Å². The van der Waals surface area contributed by atoms with Crippen LogP contribution in [-0.2, 0) is 0 Å². The second-order valence-electron chi connectivity index (χ2n) is 4.82. The van der Waals surface area contributed by atoms with Crippen LogP contribution in [0.5, 0.6) is 0 Å². The van der Waals surface area contributed by atoms with Gasteiger partial charge in [0.05, 0.1) is 6.20 Å². The topological polar surface area (TPSA) is 41.1 Å². The summed E-state index contributed by atoms with van der Waals surface area (Å²) in [7, 11) is 0. The third-order valence-electron chi connectivity index (χ3n) is 3.54. The molecule has 1 aliphatic rings. The first-order chi connectivity index (χ1) is 8.24. The molecule has 1 aromatic heterocycles. The van der Waals surface area contributed by atoms with E-state index in [1.54, 1.807) is 0 Å². The number of anilines is 1. The van der Waals surface area contributed by atoms with Gasteiger partial charge in [-0.15, -0.1) is 5.10 Å². The SMILES string of the molecule is CCC1CN(c2cc(C)cnn2)C(CC)CN1. The molecular weight excluding hydrogens is 212 g/mol. The lowest BCUT2D eigenvalue weighted by atomic mass is 10.1. The Morgan fingerprint density at radius 2 is 2.24 bits per heavy atom. The quantitative estimate of drug-likeness (QED) is 0.865. The summed E-state index contributed by atoms with van der Waals surface area (Å²) >= 11 is 0. The van der Waals surface area contributed by atoms with Gasteiger partial charge in [-0.1, -0.05) is 13.8 Å². The lowest BCUT2D eigenvalue weighted by Gasteiger charge is -2.40. The van der Waals surface area contributed by atoms with Crippen molar-refractivity contribution in [2.45, 2.75) is 45.7 Å². The number of nitrogens with one attached hydrogen (secondary N) is 1. The summed E-state index contributed by atoms with van der Waals surface area (Å²) in [4.78, 5) is 2.41. The number of nitrogens with zero attached hydrogens (tertiary/aromatic N) is 3. The Balaban J connectivity index is 2.20. The molecule has 0 aromatic carbocycles. The Bertz CT molecular complexity index is 366. The predicted octanol–water partition coefficient (Wildman–Crippen LogP) is 1.75. The van der Waals surface area contributed by atoms with Crippen molar-refractivity contribution >= 4 is 5.82 Å². The second-order valence-corrected chi connectivity index (χ2v) is 4.82. The number of rotatable bonds is 3. The zero-order valence-electron chi connectivity index (χ0n) is 11.0. The summed E-state index contributed by atoms with van der Waals surface area (Å²) in [5, 5.41) is 11.9. The fourth-order valence-electron chi connectivity index (χ4n) is 2.37. The summed E-state index contributed by atoms with van der Waals surface area (Å²) in [6.45, 7) is 8.61. The van der Waals surface area contributed by atoms with Crippen LogP contribution in [0.15, 0.2) is 12.3 Å². The van der Waals surface area contributed by atoms with E-state index in [0.29, 0.717) is 12.1 Å². The van der Waals surface area contributed by atoms with Crippen molar-refractivity contribution in [2.24, 2.45) is 0 Å². The predicted molar refractivity (Wildman–Crippen MR) is 70.3 cm³/mol. The highest BCUT2D eigenvalue weighted by molar-refractivity contribution is 5.41. The third kappa shape index (κ3) is 2.75. The lowest BCUT2D eigenvalue weighted by Crippen LogP contribution is -2.56. The standard InChI is InChI=1S/C13H22N4/c1-4-11-9-17(12(5-2)8-14-11)13-6-10(3)7-15-16-13/h6-7,11-12,14H,4-5,8-9H2,1-3H3. The molecule has 2 atom stereocenters. The molecule has 1 N–H and O–H groups in total. The molecule has 0 bridgehead atoms. The zero-order chi connectivity index (χ0) is 12.3. The van der Waals surface area contributed by atoms with Crippen molar-refractivity contribution in [1.82, 2.24) is 15.5 Å². The molecule has 0 radical (unpaired) electrons. The highest BCUT2D eigenvalue weighted by Gasteiger charge is 2.26. The van der Waals surface area contributed by atoms with E-state index in [1.807, 2.05) is 6.20 Å². The Hall–Kier alpha value is -1.16. The van der Waals surface area contributed by atoms with Gasteiger partial charge >= 0.3 is 0 Å². The molecule has 2 heterocycles. The molecular formula is C13H22N4. The molecule has 17 heavy (non-hydrogen) atoms. The van der Waals surface area contributed by atoms with Gasteiger partial charge in [-0.25, -0.2) is 0 Å². The van der Waals surface area contributed by atoms with Crippen molar-refractivity contribution in [1.29, 1.82) is 0 Å². The van der Waals surface area contributed by atoms with Crippen LogP contribution in [-0.4, -0.2) is 35.4 Å². The van der Waals surface area contributed by atoms with Crippen LogP contribution in [0, 0.1) is 6.92 Å². The summed E-state index contributed by atoms with van der Waals surface area (Å²) in [6, 6.07) is 3.24. The minimum absolute atomic E-state index is 0.536. The van der Waals surface area contributed by atoms with Crippen LogP contribution in [0.1, 0.15) is 32.3 Å². The van der Waals surface area contributed by atoms with Crippen LogP contribution in [0.3, 0.4) is 0 Å². The van der Waals surface area contributed by atoms with Gasteiger partial charge in [-0.05, 0) is 31.4 Å². The Kier molecular flexibility index (Phi) is 3.94. The maximum absolute atomic E-state index is 4.28. The number of hydrogen-bond acceptors (Lipinski definition) is 4. The summed E-state index contributed by atoms with van der Waals surface area (Å²) in [5.74, 6) is 1.02. The van der Waals surface area contributed by atoms with E-state index in [4.69, 9.17) is 0 Å². The summed E-state index contributed by atoms with van der Waals surface area (Å²) < 4.78 is 0. The van der Waals surface area contributed by atoms with E-state index in [2.05, 4.69) is 47.3 Å². The molecule has 94 valence electrons. The Labute approximate surface area is 103 Å². The fourth-order valence-corrected chi connectivity index (χ4v) is 2.37. The normalized spacial score (nSPS) is 25.0. The van der Waals surface area contributed by atoms with Gasteiger partial charge in [0.1, 0.15) is 0 Å². The monoisotopic (exact) mass is 234 g/mol. The third-order valence-corrected chi connectivity index (χ3v) is 3.54. The summed E-state index contributed by atoms with van der Waals surface area (Å²) in [6.07, 6.45) is 4.11. The van der Waals surface area contributed by atoms with Crippen LogP contribution >= 0.6 is 0 Å². The smallest absolute Gasteiger partial charge is 0.151 e. The first-order valence-corrected chi connectivity index (χ1v) is 6.54. The van der Waals surface area contributed by atoms with E-state index < -0.39 is 0 Å². The van der Waals surface area contributed by atoms with Gasteiger partial charge < -0.3 is 10.2 Å². The van der Waals surface area contributed by atoms with Crippen LogP contribution in [0.25, 0.3) is 0 Å². The molecule has 1 saturated heterocycles. The molecule has 0 aliphatic carbocycles. The van der Waals surface area contributed by atoms with Crippen molar-refractivity contribution in [3.8, 4) is 0 Å². The average Bonchev–Trinajstić information content (AvgIpc) is 2.38. The van der Waals surface area contributed by atoms with Crippen LogP contribution in [0.2, 0.25) is 0 Å².